The number of halogens is 1. The van der Waals surface area contributed by atoms with Crippen molar-refractivity contribution in [1.29, 1.82) is 0 Å². The molecule has 0 unspecified atom stereocenters. The van der Waals surface area contributed by atoms with Crippen molar-refractivity contribution in [2.24, 2.45) is 7.05 Å². The van der Waals surface area contributed by atoms with Crippen LogP contribution in [0.5, 0.6) is 0 Å². The van der Waals surface area contributed by atoms with E-state index in [1.807, 2.05) is 13.8 Å². The average molecular weight is 305 g/mol. The Bertz CT molecular complexity index is 689. The van der Waals surface area contributed by atoms with E-state index >= 15 is 0 Å². The van der Waals surface area contributed by atoms with E-state index in [1.165, 1.54) is 11.0 Å². The Morgan fingerprint density at radius 1 is 1.42 bits per heavy atom. The van der Waals surface area contributed by atoms with Gasteiger partial charge in [0.2, 0.25) is 0 Å². The second-order valence-electron chi connectivity index (χ2n) is 4.35. The SMILES string of the molecule is CC(C)c1nc(S(=O)(=O)Cl)cn1Cc1nnn(C)n1. The minimum atomic E-state index is -3.85. The van der Waals surface area contributed by atoms with Crippen LogP contribution in [-0.2, 0) is 22.6 Å². The first-order valence-electron chi connectivity index (χ1n) is 5.52. The molecule has 8 nitrogen and oxygen atoms in total. The summed E-state index contributed by atoms with van der Waals surface area (Å²) in [6, 6.07) is 0. The van der Waals surface area contributed by atoms with Crippen molar-refractivity contribution in [2.45, 2.75) is 31.3 Å². The van der Waals surface area contributed by atoms with Crippen molar-refractivity contribution in [1.82, 2.24) is 29.8 Å². The maximum atomic E-state index is 11.3. The first kappa shape index (κ1) is 13.9. The molecule has 0 aliphatic heterocycles. The van der Waals surface area contributed by atoms with Gasteiger partial charge in [-0.2, -0.15) is 4.80 Å². The van der Waals surface area contributed by atoms with Gasteiger partial charge < -0.3 is 4.57 Å². The Hall–Kier alpha value is -1.48. The van der Waals surface area contributed by atoms with Gasteiger partial charge in [0.15, 0.2) is 10.9 Å². The van der Waals surface area contributed by atoms with E-state index in [9.17, 15) is 8.42 Å². The van der Waals surface area contributed by atoms with Gasteiger partial charge in [-0.1, -0.05) is 13.8 Å². The number of nitrogens with zero attached hydrogens (tertiary/aromatic N) is 6. The molecule has 0 N–H and O–H groups in total. The molecular formula is C9H13ClN6O2S. The summed E-state index contributed by atoms with van der Waals surface area (Å²) in [5.41, 5.74) is 0. The highest BCUT2D eigenvalue weighted by molar-refractivity contribution is 8.13. The lowest BCUT2D eigenvalue weighted by Gasteiger charge is -2.07. The van der Waals surface area contributed by atoms with Crippen LogP contribution in [0.15, 0.2) is 11.2 Å². The highest BCUT2D eigenvalue weighted by Crippen LogP contribution is 2.20. The zero-order valence-electron chi connectivity index (χ0n) is 10.6. The van der Waals surface area contributed by atoms with Crippen LogP contribution in [-0.4, -0.2) is 38.2 Å². The third-order valence-electron chi connectivity index (χ3n) is 2.41. The van der Waals surface area contributed by atoms with Crippen LogP contribution < -0.4 is 0 Å². The van der Waals surface area contributed by atoms with Gasteiger partial charge in [-0.3, -0.25) is 0 Å². The standard InChI is InChI=1S/C9H13ClN6O2S/c1-6(2)9-11-8(19(10,17)18)5-16(9)4-7-12-14-15(3)13-7/h5-6H,4H2,1-3H3. The first-order valence-corrected chi connectivity index (χ1v) is 7.83. The summed E-state index contributed by atoms with van der Waals surface area (Å²) in [6.07, 6.45) is 1.38. The molecule has 2 rings (SSSR count). The highest BCUT2D eigenvalue weighted by Gasteiger charge is 2.20. The van der Waals surface area contributed by atoms with E-state index in [0.717, 1.165) is 0 Å². The predicted molar refractivity (Wildman–Crippen MR) is 67.3 cm³/mol. The van der Waals surface area contributed by atoms with Crippen molar-refractivity contribution in [3.63, 3.8) is 0 Å². The Morgan fingerprint density at radius 3 is 2.58 bits per heavy atom. The lowest BCUT2D eigenvalue weighted by molar-refractivity contribution is 0.606. The van der Waals surface area contributed by atoms with Gasteiger partial charge in [0.1, 0.15) is 5.82 Å². The number of hydrogen-bond acceptors (Lipinski definition) is 6. The minimum Gasteiger partial charge on any atom is -0.325 e. The van der Waals surface area contributed by atoms with Crippen LogP contribution in [0, 0.1) is 0 Å². The molecule has 0 aromatic carbocycles. The van der Waals surface area contributed by atoms with E-state index in [-0.39, 0.29) is 10.9 Å². The number of rotatable bonds is 4. The number of aromatic nitrogens is 6. The van der Waals surface area contributed by atoms with Gasteiger partial charge in [-0.25, -0.2) is 13.4 Å². The van der Waals surface area contributed by atoms with Crippen LogP contribution in [0.25, 0.3) is 0 Å². The summed E-state index contributed by atoms with van der Waals surface area (Å²) in [7, 11) is 3.11. The smallest absolute Gasteiger partial charge is 0.280 e. The summed E-state index contributed by atoms with van der Waals surface area (Å²) < 4.78 is 24.3. The molecule has 0 saturated carbocycles. The van der Waals surface area contributed by atoms with Crippen LogP contribution in [0.3, 0.4) is 0 Å². The topological polar surface area (TPSA) is 95.6 Å². The lowest BCUT2D eigenvalue weighted by Crippen LogP contribution is -2.07. The van der Waals surface area contributed by atoms with E-state index in [2.05, 4.69) is 20.4 Å². The summed E-state index contributed by atoms with van der Waals surface area (Å²) >= 11 is 0. The van der Waals surface area contributed by atoms with Gasteiger partial charge in [-0.05, 0) is 5.21 Å². The monoisotopic (exact) mass is 304 g/mol. The molecule has 0 aliphatic carbocycles. The van der Waals surface area contributed by atoms with Crippen LogP contribution in [0.1, 0.15) is 31.4 Å². The first-order chi connectivity index (χ1) is 8.77. The molecule has 0 aliphatic rings. The normalized spacial score (nSPS) is 12.3. The average Bonchev–Trinajstić information content (AvgIpc) is 2.85. The molecule has 0 amide bonds. The fraction of sp³-hybridized carbons (Fsp3) is 0.556. The minimum absolute atomic E-state index is 0.0452. The van der Waals surface area contributed by atoms with Gasteiger partial charge in [-0.15, -0.1) is 10.2 Å². The van der Waals surface area contributed by atoms with Gasteiger partial charge in [0.05, 0.1) is 13.6 Å². The summed E-state index contributed by atoms with van der Waals surface area (Å²) in [4.78, 5) is 5.38. The van der Waals surface area contributed by atoms with Crippen LogP contribution in [0.2, 0.25) is 0 Å². The Morgan fingerprint density at radius 2 is 2.11 bits per heavy atom. The molecule has 10 heteroatoms. The molecule has 0 radical (unpaired) electrons. The zero-order valence-corrected chi connectivity index (χ0v) is 12.2. The molecule has 104 valence electrons. The number of tetrazole rings is 1. The van der Waals surface area contributed by atoms with Crippen LogP contribution in [0.4, 0.5) is 0 Å². The third-order valence-corrected chi connectivity index (χ3v) is 3.58. The van der Waals surface area contributed by atoms with Crippen molar-refractivity contribution in [2.75, 3.05) is 0 Å². The van der Waals surface area contributed by atoms with Crippen molar-refractivity contribution >= 4 is 19.7 Å². The Balaban J connectivity index is 2.41. The second-order valence-corrected chi connectivity index (χ2v) is 6.87. The van der Waals surface area contributed by atoms with Crippen LogP contribution >= 0.6 is 10.7 Å². The predicted octanol–water partition coefficient (Wildman–Crippen LogP) is 0.506. The summed E-state index contributed by atoms with van der Waals surface area (Å²) in [6.45, 7) is 4.11. The largest absolute Gasteiger partial charge is 0.325 e. The molecule has 0 atom stereocenters. The maximum absolute atomic E-state index is 11.3. The summed E-state index contributed by atoms with van der Waals surface area (Å²) in [5, 5.41) is 11.5. The molecule has 2 heterocycles. The third kappa shape index (κ3) is 3.10. The molecule has 2 aromatic heterocycles. The number of aryl methyl sites for hydroxylation is 1. The van der Waals surface area contributed by atoms with Gasteiger partial charge in [0, 0.05) is 22.8 Å². The lowest BCUT2D eigenvalue weighted by atomic mass is 10.2. The van der Waals surface area contributed by atoms with E-state index < -0.39 is 9.05 Å². The van der Waals surface area contributed by atoms with E-state index in [0.29, 0.717) is 18.2 Å². The molecule has 0 fully saturated rings. The molecule has 19 heavy (non-hydrogen) atoms. The zero-order chi connectivity index (χ0) is 14.2. The molecule has 2 aromatic rings. The maximum Gasteiger partial charge on any atom is 0.280 e. The Kier molecular flexibility index (Phi) is 3.59. The molecular weight excluding hydrogens is 292 g/mol. The molecule has 0 bridgehead atoms. The van der Waals surface area contributed by atoms with Crippen molar-refractivity contribution < 1.29 is 8.42 Å². The van der Waals surface area contributed by atoms with E-state index in [4.69, 9.17) is 10.7 Å². The van der Waals surface area contributed by atoms with Crippen molar-refractivity contribution in [3.8, 4) is 0 Å². The van der Waals surface area contributed by atoms with Gasteiger partial charge >= 0.3 is 0 Å². The fourth-order valence-corrected chi connectivity index (χ4v) is 2.33. The molecule has 0 spiro atoms. The molecule has 0 saturated heterocycles. The number of imidazole rings is 1. The van der Waals surface area contributed by atoms with Crippen molar-refractivity contribution in [3.05, 3.63) is 17.8 Å². The fourth-order valence-electron chi connectivity index (χ4n) is 1.65. The van der Waals surface area contributed by atoms with E-state index in [1.54, 1.807) is 11.6 Å². The Labute approximate surface area is 114 Å². The quantitative estimate of drug-likeness (QED) is 0.764. The second kappa shape index (κ2) is 4.89. The highest BCUT2D eigenvalue weighted by atomic mass is 35.7. The summed E-state index contributed by atoms with van der Waals surface area (Å²) in [5.74, 6) is 1.12. The van der Waals surface area contributed by atoms with Gasteiger partial charge in [0.25, 0.3) is 9.05 Å². The number of hydrogen-bond donors (Lipinski definition) is 0.